The van der Waals surface area contributed by atoms with Gasteiger partial charge in [-0.1, -0.05) is 11.2 Å². The van der Waals surface area contributed by atoms with Gasteiger partial charge in [0.05, 0.1) is 12.3 Å². The highest BCUT2D eigenvalue weighted by Crippen LogP contribution is 2.15. The number of aryl methyl sites for hydroxylation is 2. The van der Waals surface area contributed by atoms with Gasteiger partial charge in [0.2, 0.25) is 11.8 Å². The zero-order valence-electron chi connectivity index (χ0n) is 13.2. The van der Waals surface area contributed by atoms with Crippen LogP contribution in [0.25, 0.3) is 0 Å². The highest BCUT2D eigenvalue weighted by molar-refractivity contribution is 5.76. The highest BCUT2D eigenvalue weighted by atomic mass is 16.5. The molecular weight excluding hydrogens is 282 g/mol. The monoisotopic (exact) mass is 303 g/mol. The van der Waals surface area contributed by atoms with Crippen molar-refractivity contribution in [2.24, 2.45) is 0 Å². The van der Waals surface area contributed by atoms with Gasteiger partial charge in [-0.2, -0.15) is 0 Å². The van der Waals surface area contributed by atoms with Crippen molar-refractivity contribution < 1.29 is 14.1 Å². The maximum absolute atomic E-state index is 12.0. The predicted molar refractivity (Wildman–Crippen MR) is 81.6 cm³/mol. The first-order chi connectivity index (χ1) is 10.6. The number of carbonyl (C=O) groups excluding carboxylic acids is 1. The lowest BCUT2D eigenvalue weighted by Gasteiger charge is -2.09. The number of nitrogens with one attached hydrogen (secondary N) is 1. The minimum Gasteiger partial charge on any atom is -0.478 e. The van der Waals surface area contributed by atoms with Gasteiger partial charge in [0.1, 0.15) is 5.76 Å². The summed E-state index contributed by atoms with van der Waals surface area (Å²) in [7, 11) is 0. The summed E-state index contributed by atoms with van der Waals surface area (Å²) >= 11 is 0. The Balaban J connectivity index is 1.86. The lowest BCUT2D eigenvalue weighted by Crippen LogP contribution is -2.23. The number of aromatic nitrogens is 2. The summed E-state index contributed by atoms with van der Waals surface area (Å²) in [4.78, 5) is 16.1. The maximum Gasteiger partial charge on any atom is 0.220 e. The standard InChI is InChI=1S/C16H21N3O3/c1-4-21-16-13(6-5-9-17-16)10-18-15(20)8-7-14-11(2)19-22-12(14)3/h5-6,9H,4,7-8,10H2,1-3H3,(H,18,20). The zero-order chi connectivity index (χ0) is 15.9. The molecule has 0 spiro atoms. The van der Waals surface area contributed by atoms with Gasteiger partial charge < -0.3 is 14.6 Å². The van der Waals surface area contributed by atoms with Crippen LogP contribution in [0.2, 0.25) is 0 Å². The minimum absolute atomic E-state index is 0.0219. The molecule has 1 N–H and O–H groups in total. The lowest BCUT2D eigenvalue weighted by molar-refractivity contribution is -0.121. The molecular formula is C16H21N3O3. The minimum atomic E-state index is -0.0219. The molecule has 0 aromatic carbocycles. The van der Waals surface area contributed by atoms with Crippen molar-refractivity contribution in [1.29, 1.82) is 0 Å². The van der Waals surface area contributed by atoms with Crippen molar-refractivity contribution in [3.05, 3.63) is 40.9 Å². The summed E-state index contributed by atoms with van der Waals surface area (Å²) in [5.41, 5.74) is 2.72. The summed E-state index contributed by atoms with van der Waals surface area (Å²) in [6.07, 6.45) is 2.69. The summed E-state index contributed by atoms with van der Waals surface area (Å²) < 4.78 is 10.5. The molecule has 2 aromatic rings. The van der Waals surface area contributed by atoms with Crippen LogP contribution in [-0.2, 0) is 17.8 Å². The van der Waals surface area contributed by atoms with E-state index in [0.717, 1.165) is 22.6 Å². The van der Waals surface area contributed by atoms with Gasteiger partial charge in [-0.25, -0.2) is 4.98 Å². The Bertz CT molecular complexity index is 618. The van der Waals surface area contributed by atoms with Gasteiger partial charge in [-0.3, -0.25) is 4.79 Å². The second-order valence-electron chi connectivity index (χ2n) is 4.98. The largest absolute Gasteiger partial charge is 0.478 e. The van der Waals surface area contributed by atoms with E-state index in [2.05, 4.69) is 15.5 Å². The van der Waals surface area contributed by atoms with Crippen LogP contribution in [0.15, 0.2) is 22.9 Å². The topological polar surface area (TPSA) is 77.2 Å². The molecule has 0 saturated heterocycles. The summed E-state index contributed by atoms with van der Waals surface area (Å²) in [6.45, 7) is 6.60. The van der Waals surface area contributed by atoms with Crippen LogP contribution in [0.1, 0.15) is 35.9 Å². The van der Waals surface area contributed by atoms with E-state index >= 15 is 0 Å². The Morgan fingerprint density at radius 2 is 2.23 bits per heavy atom. The van der Waals surface area contributed by atoms with E-state index in [1.807, 2.05) is 32.9 Å². The average molecular weight is 303 g/mol. The van der Waals surface area contributed by atoms with E-state index in [1.165, 1.54) is 0 Å². The Labute approximate surface area is 129 Å². The SMILES string of the molecule is CCOc1ncccc1CNC(=O)CCc1c(C)noc1C. The van der Waals surface area contributed by atoms with Gasteiger partial charge in [0.15, 0.2) is 0 Å². The molecule has 0 atom stereocenters. The first kappa shape index (κ1) is 16.0. The van der Waals surface area contributed by atoms with Crippen molar-refractivity contribution in [3.63, 3.8) is 0 Å². The molecule has 2 heterocycles. The van der Waals surface area contributed by atoms with E-state index < -0.39 is 0 Å². The third-order valence-corrected chi connectivity index (χ3v) is 3.39. The molecule has 0 aliphatic rings. The molecule has 0 unspecified atom stereocenters. The molecule has 22 heavy (non-hydrogen) atoms. The van der Waals surface area contributed by atoms with Crippen molar-refractivity contribution >= 4 is 5.91 Å². The number of amides is 1. The van der Waals surface area contributed by atoms with Crippen LogP contribution in [0.5, 0.6) is 5.88 Å². The Morgan fingerprint density at radius 1 is 1.41 bits per heavy atom. The predicted octanol–water partition coefficient (Wildman–Crippen LogP) is 2.33. The van der Waals surface area contributed by atoms with Crippen LogP contribution in [-0.4, -0.2) is 22.7 Å². The Hall–Kier alpha value is -2.37. The maximum atomic E-state index is 12.0. The van der Waals surface area contributed by atoms with E-state index in [1.54, 1.807) is 6.20 Å². The second kappa shape index (κ2) is 7.59. The van der Waals surface area contributed by atoms with Gasteiger partial charge in [-0.05, 0) is 33.3 Å². The molecule has 0 bridgehead atoms. The summed E-state index contributed by atoms with van der Waals surface area (Å²) in [5.74, 6) is 1.32. The summed E-state index contributed by atoms with van der Waals surface area (Å²) in [5, 5.41) is 6.78. The molecule has 2 rings (SSSR count). The molecule has 6 nitrogen and oxygen atoms in total. The number of hydrogen-bond donors (Lipinski definition) is 1. The highest BCUT2D eigenvalue weighted by Gasteiger charge is 2.12. The third kappa shape index (κ3) is 4.07. The third-order valence-electron chi connectivity index (χ3n) is 3.39. The van der Waals surface area contributed by atoms with E-state index in [9.17, 15) is 4.79 Å². The molecule has 0 fully saturated rings. The van der Waals surface area contributed by atoms with E-state index in [4.69, 9.17) is 9.26 Å². The van der Waals surface area contributed by atoms with Gasteiger partial charge in [0.25, 0.3) is 0 Å². The number of pyridine rings is 1. The van der Waals surface area contributed by atoms with Gasteiger partial charge in [0, 0.05) is 30.3 Å². The molecule has 0 saturated carbocycles. The average Bonchev–Trinajstić information content (AvgIpc) is 2.83. The second-order valence-corrected chi connectivity index (χ2v) is 4.98. The van der Waals surface area contributed by atoms with Crippen LogP contribution < -0.4 is 10.1 Å². The molecule has 0 radical (unpaired) electrons. The van der Waals surface area contributed by atoms with Crippen molar-refractivity contribution in [2.75, 3.05) is 6.61 Å². The normalized spacial score (nSPS) is 10.5. The molecule has 1 amide bonds. The van der Waals surface area contributed by atoms with Crippen LogP contribution in [0.3, 0.4) is 0 Å². The molecule has 6 heteroatoms. The number of hydrogen-bond acceptors (Lipinski definition) is 5. The zero-order valence-corrected chi connectivity index (χ0v) is 13.2. The fourth-order valence-corrected chi connectivity index (χ4v) is 2.20. The lowest BCUT2D eigenvalue weighted by atomic mass is 10.1. The Kier molecular flexibility index (Phi) is 5.52. The first-order valence-corrected chi connectivity index (χ1v) is 7.37. The van der Waals surface area contributed by atoms with Crippen molar-refractivity contribution in [2.45, 2.75) is 40.2 Å². The first-order valence-electron chi connectivity index (χ1n) is 7.37. The number of ether oxygens (including phenoxy) is 1. The van der Waals surface area contributed by atoms with Crippen LogP contribution in [0, 0.1) is 13.8 Å². The molecule has 2 aromatic heterocycles. The number of rotatable bonds is 7. The quantitative estimate of drug-likeness (QED) is 0.849. The van der Waals surface area contributed by atoms with Gasteiger partial charge in [-0.15, -0.1) is 0 Å². The van der Waals surface area contributed by atoms with Crippen molar-refractivity contribution in [3.8, 4) is 5.88 Å². The van der Waals surface area contributed by atoms with Crippen molar-refractivity contribution in [1.82, 2.24) is 15.5 Å². The van der Waals surface area contributed by atoms with E-state index in [0.29, 0.717) is 31.9 Å². The number of nitrogens with zero attached hydrogens (tertiary/aromatic N) is 2. The van der Waals surface area contributed by atoms with Crippen LogP contribution >= 0.6 is 0 Å². The van der Waals surface area contributed by atoms with Gasteiger partial charge >= 0.3 is 0 Å². The van der Waals surface area contributed by atoms with Crippen LogP contribution in [0.4, 0.5) is 0 Å². The fourth-order valence-electron chi connectivity index (χ4n) is 2.20. The van der Waals surface area contributed by atoms with E-state index in [-0.39, 0.29) is 5.91 Å². The smallest absolute Gasteiger partial charge is 0.220 e. The fraction of sp³-hybridized carbons (Fsp3) is 0.438. The summed E-state index contributed by atoms with van der Waals surface area (Å²) in [6, 6.07) is 3.72. The number of carbonyl (C=O) groups is 1. The molecule has 0 aliphatic heterocycles. The molecule has 0 aliphatic carbocycles. The molecule has 118 valence electrons. The Morgan fingerprint density at radius 3 is 2.91 bits per heavy atom.